The van der Waals surface area contributed by atoms with Crippen molar-refractivity contribution >= 4 is 6.41 Å². The minimum atomic E-state index is -4.56. The lowest BCUT2D eigenvalue weighted by Gasteiger charge is -2.19. The summed E-state index contributed by atoms with van der Waals surface area (Å²) in [6.07, 6.45) is -10.4. The van der Waals surface area contributed by atoms with Crippen LogP contribution < -0.4 is 5.32 Å². The molecule has 0 saturated heterocycles. The number of rotatable bonds is 4. The zero-order valence-corrected chi connectivity index (χ0v) is 9.35. The Labute approximate surface area is 104 Å². The molecule has 106 valence electrons. The van der Waals surface area contributed by atoms with E-state index in [9.17, 15) is 31.1 Å². The standard InChI is InChI=1S/C11H9F6NO/c12-10(13,14)5-9(18-6-19)7-1-3-8(4-2-7)11(15,16)17/h1-4,6,9H,5H2,(H,18,19). The maximum absolute atomic E-state index is 12.3. The minimum absolute atomic E-state index is 0.0441. The molecular formula is C11H9F6NO. The molecule has 0 fully saturated rings. The van der Waals surface area contributed by atoms with Gasteiger partial charge in [0.25, 0.3) is 0 Å². The number of benzene rings is 1. The van der Waals surface area contributed by atoms with Crippen molar-refractivity contribution < 1.29 is 31.1 Å². The first kappa shape index (κ1) is 15.3. The molecule has 0 radical (unpaired) electrons. The van der Waals surface area contributed by atoms with Gasteiger partial charge in [-0.1, -0.05) is 12.1 Å². The van der Waals surface area contributed by atoms with Gasteiger partial charge in [0.05, 0.1) is 18.0 Å². The Balaban J connectivity index is 2.94. The van der Waals surface area contributed by atoms with Gasteiger partial charge in [-0.05, 0) is 17.7 Å². The number of alkyl halides is 6. The van der Waals surface area contributed by atoms with Gasteiger partial charge < -0.3 is 5.32 Å². The van der Waals surface area contributed by atoms with E-state index in [2.05, 4.69) is 0 Å². The molecule has 0 aliphatic carbocycles. The maximum atomic E-state index is 12.3. The highest BCUT2D eigenvalue weighted by Gasteiger charge is 2.34. The highest BCUT2D eigenvalue weighted by molar-refractivity contribution is 5.48. The molecule has 0 saturated carbocycles. The van der Waals surface area contributed by atoms with Crippen LogP contribution in [-0.4, -0.2) is 12.6 Å². The van der Waals surface area contributed by atoms with Gasteiger partial charge in [-0.25, -0.2) is 0 Å². The molecule has 1 aromatic rings. The third-order valence-corrected chi connectivity index (χ3v) is 2.35. The van der Waals surface area contributed by atoms with Gasteiger partial charge in [0, 0.05) is 0 Å². The van der Waals surface area contributed by atoms with Crippen LogP contribution in [0.5, 0.6) is 0 Å². The van der Waals surface area contributed by atoms with E-state index in [1.807, 2.05) is 5.32 Å². The van der Waals surface area contributed by atoms with Crippen LogP contribution in [0.15, 0.2) is 24.3 Å². The van der Waals surface area contributed by atoms with Crippen molar-refractivity contribution in [3.8, 4) is 0 Å². The Morgan fingerprint density at radius 2 is 1.58 bits per heavy atom. The normalized spacial score (nSPS) is 14.0. The predicted molar refractivity (Wildman–Crippen MR) is 54.1 cm³/mol. The molecule has 19 heavy (non-hydrogen) atoms. The molecule has 1 rings (SSSR count). The summed E-state index contributed by atoms with van der Waals surface area (Å²) in [6, 6.07) is 1.77. The third kappa shape index (κ3) is 4.80. The molecule has 1 aromatic carbocycles. The first-order chi connectivity index (χ1) is 8.63. The Bertz CT molecular complexity index is 422. The molecule has 0 heterocycles. The summed E-state index contributed by atoms with van der Waals surface area (Å²) < 4.78 is 73.6. The number of carbonyl (C=O) groups excluding carboxylic acids is 1. The van der Waals surface area contributed by atoms with Gasteiger partial charge >= 0.3 is 12.4 Å². The van der Waals surface area contributed by atoms with Crippen molar-refractivity contribution in [1.82, 2.24) is 5.32 Å². The highest BCUT2D eigenvalue weighted by atomic mass is 19.4. The van der Waals surface area contributed by atoms with E-state index in [4.69, 9.17) is 0 Å². The van der Waals surface area contributed by atoms with E-state index in [0.717, 1.165) is 12.1 Å². The second-order valence-corrected chi connectivity index (χ2v) is 3.78. The molecule has 0 bridgehead atoms. The zero-order valence-electron chi connectivity index (χ0n) is 9.35. The van der Waals surface area contributed by atoms with Gasteiger partial charge in [0.15, 0.2) is 0 Å². The summed E-state index contributed by atoms with van der Waals surface area (Å²) in [7, 11) is 0. The third-order valence-electron chi connectivity index (χ3n) is 2.35. The molecular weight excluding hydrogens is 276 g/mol. The molecule has 1 atom stereocenters. The summed E-state index contributed by atoms with van der Waals surface area (Å²) in [5.74, 6) is 0. The second kappa shape index (κ2) is 5.50. The fraction of sp³-hybridized carbons (Fsp3) is 0.364. The zero-order chi connectivity index (χ0) is 14.7. The van der Waals surface area contributed by atoms with Crippen LogP contribution in [0.3, 0.4) is 0 Å². The van der Waals surface area contributed by atoms with Crippen molar-refractivity contribution in [3.63, 3.8) is 0 Å². The van der Waals surface area contributed by atoms with Gasteiger partial charge in [0.1, 0.15) is 0 Å². The SMILES string of the molecule is O=CNC(CC(F)(F)F)c1ccc(C(F)(F)F)cc1. The van der Waals surface area contributed by atoms with Crippen LogP contribution in [0.4, 0.5) is 26.3 Å². The average molecular weight is 285 g/mol. The fourth-order valence-electron chi connectivity index (χ4n) is 1.49. The Hall–Kier alpha value is -1.73. The van der Waals surface area contributed by atoms with Gasteiger partial charge in [0.2, 0.25) is 6.41 Å². The largest absolute Gasteiger partial charge is 0.416 e. The topological polar surface area (TPSA) is 29.1 Å². The van der Waals surface area contributed by atoms with Crippen LogP contribution in [0.25, 0.3) is 0 Å². The van der Waals surface area contributed by atoms with Crippen molar-refractivity contribution in [2.75, 3.05) is 0 Å². The molecule has 1 amide bonds. The number of carbonyl (C=O) groups is 1. The molecule has 0 spiro atoms. The Kier molecular flexibility index (Phi) is 4.43. The van der Waals surface area contributed by atoms with E-state index in [-0.39, 0.29) is 12.0 Å². The van der Waals surface area contributed by atoms with E-state index >= 15 is 0 Å². The van der Waals surface area contributed by atoms with Crippen molar-refractivity contribution in [3.05, 3.63) is 35.4 Å². The molecule has 0 aliphatic rings. The van der Waals surface area contributed by atoms with Gasteiger partial charge in [-0.2, -0.15) is 26.3 Å². The molecule has 0 aliphatic heterocycles. The van der Waals surface area contributed by atoms with Crippen LogP contribution in [0.1, 0.15) is 23.6 Å². The fourth-order valence-corrected chi connectivity index (χ4v) is 1.49. The number of hydrogen-bond acceptors (Lipinski definition) is 1. The first-order valence-electron chi connectivity index (χ1n) is 5.07. The van der Waals surface area contributed by atoms with E-state index in [1.54, 1.807) is 0 Å². The lowest BCUT2D eigenvalue weighted by atomic mass is 10.0. The van der Waals surface area contributed by atoms with Gasteiger partial charge in [-0.15, -0.1) is 0 Å². The van der Waals surface area contributed by atoms with Crippen LogP contribution >= 0.6 is 0 Å². The molecule has 1 N–H and O–H groups in total. The minimum Gasteiger partial charge on any atom is -0.352 e. The Morgan fingerprint density at radius 1 is 1.05 bits per heavy atom. The average Bonchev–Trinajstić information content (AvgIpc) is 2.26. The maximum Gasteiger partial charge on any atom is 0.416 e. The summed E-state index contributed by atoms with van der Waals surface area (Å²) >= 11 is 0. The molecule has 1 unspecified atom stereocenters. The van der Waals surface area contributed by atoms with Crippen LogP contribution in [-0.2, 0) is 11.0 Å². The number of hydrogen-bond donors (Lipinski definition) is 1. The quantitative estimate of drug-likeness (QED) is 0.666. The monoisotopic (exact) mass is 285 g/mol. The molecule has 2 nitrogen and oxygen atoms in total. The lowest BCUT2D eigenvalue weighted by Crippen LogP contribution is -2.25. The predicted octanol–water partition coefficient (Wildman–Crippen LogP) is 3.44. The summed E-state index contributed by atoms with van der Waals surface area (Å²) in [6.45, 7) is 0. The molecule has 0 aromatic heterocycles. The van der Waals surface area contributed by atoms with Crippen LogP contribution in [0.2, 0.25) is 0 Å². The Morgan fingerprint density at radius 3 is 1.95 bits per heavy atom. The summed E-state index contributed by atoms with van der Waals surface area (Å²) in [4.78, 5) is 10.2. The lowest BCUT2D eigenvalue weighted by molar-refractivity contribution is -0.142. The van der Waals surface area contributed by atoms with E-state index < -0.39 is 30.4 Å². The van der Waals surface area contributed by atoms with Gasteiger partial charge in [-0.3, -0.25) is 4.79 Å². The van der Waals surface area contributed by atoms with Crippen molar-refractivity contribution in [1.29, 1.82) is 0 Å². The van der Waals surface area contributed by atoms with Crippen LogP contribution in [0, 0.1) is 0 Å². The van der Waals surface area contributed by atoms with Crippen molar-refractivity contribution in [2.24, 2.45) is 0 Å². The number of nitrogens with one attached hydrogen (secondary N) is 1. The summed E-state index contributed by atoms with van der Waals surface area (Å²) in [5, 5.41) is 1.93. The number of amides is 1. The summed E-state index contributed by atoms with van der Waals surface area (Å²) in [5.41, 5.74) is -1.01. The van der Waals surface area contributed by atoms with E-state index in [0.29, 0.717) is 12.1 Å². The number of halogens is 6. The molecule has 8 heteroatoms. The van der Waals surface area contributed by atoms with E-state index in [1.165, 1.54) is 0 Å². The first-order valence-corrected chi connectivity index (χ1v) is 5.07. The second-order valence-electron chi connectivity index (χ2n) is 3.78. The van der Waals surface area contributed by atoms with Crippen molar-refractivity contribution in [2.45, 2.75) is 24.8 Å². The highest BCUT2D eigenvalue weighted by Crippen LogP contribution is 2.32. The smallest absolute Gasteiger partial charge is 0.352 e.